The molecule has 6 heteroatoms. The molecule has 0 bridgehead atoms. The Morgan fingerprint density at radius 3 is 2.63 bits per heavy atom. The first-order chi connectivity index (χ1) is 9.13. The predicted molar refractivity (Wildman–Crippen MR) is 69.4 cm³/mol. The molecule has 0 aromatic carbocycles. The zero-order chi connectivity index (χ0) is 13.8. The van der Waals surface area contributed by atoms with Crippen molar-refractivity contribution in [3.05, 3.63) is 11.6 Å². The van der Waals surface area contributed by atoms with Crippen molar-refractivity contribution in [1.82, 2.24) is 10.6 Å². The van der Waals surface area contributed by atoms with E-state index in [9.17, 15) is 15.0 Å². The highest BCUT2D eigenvalue weighted by molar-refractivity contribution is 5.93. The van der Waals surface area contributed by atoms with Gasteiger partial charge in [0, 0.05) is 12.1 Å². The van der Waals surface area contributed by atoms with Gasteiger partial charge in [-0.05, 0) is 25.7 Å². The van der Waals surface area contributed by atoms with Crippen LogP contribution in [0.3, 0.4) is 0 Å². The molecule has 108 valence electrons. The Morgan fingerprint density at radius 2 is 2.05 bits per heavy atom. The summed E-state index contributed by atoms with van der Waals surface area (Å²) in [4.78, 5) is 11.9. The summed E-state index contributed by atoms with van der Waals surface area (Å²) in [5, 5.41) is 34.1. The second kappa shape index (κ2) is 6.47. The van der Waals surface area contributed by atoms with Gasteiger partial charge < -0.3 is 26.0 Å². The second-order valence-corrected chi connectivity index (χ2v) is 5.23. The van der Waals surface area contributed by atoms with Crippen LogP contribution in [-0.4, -0.2) is 58.7 Å². The lowest BCUT2D eigenvalue weighted by atomic mass is 9.99. The van der Waals surface area contributed by atoms with Gasteiger partial charge in [0.2, 0.25) is 5.91 Å². The van der Waals surface area contributed by atoms with Crippen LogP contribution in [0.1, 0.15) is 25.7 Å². The molecule has 5 N–H and O–H groups in total. The maximum Gasteiger partial charge on any atom is 0.246 e. The maximum absolute atomic E-state index is 11.9. The fourth-order valence-corrected chi connectivity index (χ4v) is 2.65. The minimum Gasteiger partial charge on any atom is -0.395 e. The smallest absolute Gasteiger partial charge is 0.246 e. The Bertz CT molecular complexity index is 359. The van der Waals surface area contributed by atoms with Crippen LogP contribution in [0.25, 0.3) is 0 Å². The van der Waals surface area contributed by atoms with Crippen LogP contribution in [0.15, 0.2) is 11.6 Å². The van der Waals surface area contributed by atoms with Crippen molar-refractivity contribution in [2.45, 2.75) is 50.0 Å². The Hall–Kier alpha value is -0.950. The number of hydrogen-bond acceptors (Lipinski definition) is 5. The lowest BCUT2D eigenvalue weighted by Crippen LogP contribution is -2.44. The molecule has 0 aromatic rings. The molecule has 1 heterocycles. The van der Waals surface area contributed by atoms with E-state index in [1.54, 1.807) is 0 Å². The van der Waals surface area contributed by atoms with Crippen LogP contribution >= 0.6 is 0 Å². The molecule has 1 aliphatic heterocycles. The SMILES string of the molecule is O=C(NC[C@H]1N[C@H](CO)[C@@H](O)[C@@H]1O)C1=CCCCC1. The Labute approximate surface area is 112 Å². The number of aliphatic hydroxyl groups is 3. The van der Waals surface area contributed by atoms with Crippen molar-refractivity contribution < 1.29 is 20.1 Å². The number of nitrogens with one attached hydrogen (secondary N) is 2. The molecule has 1 fully saturated rings. The standard InChI is InChI=1S/C13H22N2O4/c16-7-10-12(18)11(17)9(15-10)6-14-13(19)8-4-2-1-3-5-8/h4,9-12,15-18H,1-3,5-7H2,(H,14,19)/t9-,10-,11-,12-/m1/s1. The van der Waals surface area contributed by atoms with E-state index in [1.165, 1.54) is 0 Å². The first-order valence-electron chi connectivity index (χ1n) is 6.83. The first kappa shape index (κ1) is 14.5. The van der Waals surface area contributed by atoms with Gasteiger partial charge in [-0.3, -0.25) is 4.79 Å². The van der Waals surface area contributed by atoms with Gasteiger partial charge in [0.25, 0.3) is 0 Å². The summed E-state index contributed by atoms with van der Waals surface area (Å²) in [6.07, 6.45) is 3.90. The fraction of sp³-hybridized carbons (Fsp3) is 0.769. The molecule has 1 saturated heterocycles. The number of aliphatic hydroxyl groups excluding tert-OH is 3. The highest BCUT2D eigenvalue weighted by Gasteiger charge is 2.40. The number of rotatable bonds is 4. The van der Waals surface area contributed by atoms with Crippen LogP contribution in [-0.2, 0) is 4.79 Å². The quantitative estimate of drug-likeness (QED) is 0.435. The molecule has 0 radical (unpaired) electrons. The molecule has 0 unspecified atom stereocenters. The monoisotopic (exact) mass is 270 g/mol. The molecule has 0 spiro atoms. The highest BCUT2D eigenvalue weighted by Crippen LogP contribution is 2.18. The largest absolute Gasteiger partial charge is 0.395 e. The average molecular weight is 270 g/mol. The van der Waals surface area contributed by atoms with Gasteiger partial charge in [0.1, 0.15) is 0 Å². The first-order valence-corrected chi connectivity index (χ1v) is 6.83. The predicted octanol–water partition coefficient (Wildman–Crippen LogP) is -1.34. The van der Waals surface area contributed by atoms with Crippen LogP contribution in [0.4, 0.5) is 0 Å². The van der Waals surface area contributed by atoms with Crippen molar-refractivity contribution in [3.8, 4) is 0 Å². The van der Waals surface area contributed by atoms with Crippen molar-refractivity contribution in [2.24, 2.45) is 0 Å². The van der Waals surface area contributed by atoms with Crippen molar-refractivity contribution >= 4 is 5.91 Å². The van der Waals surface area contributed by atoms with Gasteiger partial charge in [-0.1, -0.05) is 6.08 Å². The summed E-state index contributed by atoms with van der Waals surface area (Å²) in [5.74, 6) is -0.101. The number of carbonyl (C=O) groups is 1. The molecule has 0 saturated carbocycles. The molecule has 6 nitrogen and oxygen atoms in total. The summed E-state index contributed by atoms with van der Waals surface area (Å²) in [5.41, 5.74) is 0.804. The third-order valence-electron chi connectivity index (χ3n) is 3.86. The zero-order valence-corrected chi connectivity index (χ0v) is 10.9. The van der Waals surface area contributed by atoms with Gasteiger partial charge in [-0.25, -0.2) is 0 Å². The van der Waals surface area contributed by atoms with E-state index >= 15 is 0 Å². The minimum atomic E-state index is -0.999. The maximum atomic E-state index is 11.9. The zero-order valence-electron chi connectivity index (χ0n) is 10.9. The van der Waals surface area contributed by atoms with Crippen molar-refractivity contribution in [1.29, 1.82) is 0 Å². The lowest BCUT2D eigenvalue weighted by molar-refractivity contribution is -0.117. The minimum absolute atomic E-state index is 0.101. The molecule has 2 rings (SSSR count). The summed E-state index contributed by atoms with van der Waals surface area (Å²) < 4.78 is 0. The Balaban J connectivity index is 1.82. The highest BCUT2D eigenvalue weighted by atomic mass is 16.3. The summed E-state index contributed by atoms with van der Waals surface area (Å²) in [6.45, 7) is -0.00126. The van der Waals surface area contributed by atoms with Gasteiger partial charge in [-0.15, -0.1) is 0 Å². The lowest BCUT2D eigenvalue weighted by Gasteiger charge is -2.18. The summed E-state index contributed by atoms with van der Waals surface area (Å²) >= 11 is 0. The third-order valence-corrected chi connectivity index (χ3v) is 3.86. The Kier molecular flexibility index (Phi) is 4.93. The molecular weight excluding hydrogens is 248 g/mol. The molecule has 1 aliphatic carbocycles. The summed E-state index contributed by atoms with van der Waals surface area (Å²) in [6, 6.07) is -0.967. The van der Waals surface area contributed by atoms with Crippen LogP contribution in [0.2, 0.25) is 0 Å². The number of hydrogen-bond donors (Lipinski definition) is 5. The molecule has 4 atom stereocenters. The third kappa shape index (κ3) is 3.33. The molecule has 19 heavy (non-hydrogen) atoms. The van der Waals surface area contributed by atoms with E-state index in [2.05, 4.69) is 10.6 Å². The number of carbonyl (C=O) groups excluding carboxylic acids is 1. The molecule has 2 aliphatic rings. The normalized spacial score (nSPS) is 35.0. The van der Waals surface area contributed by atoms with E-state index in [4.69, 9.17) is 5.11 Å². The van der Waals surface area contributed by atoms with Crippen molar-refractivity contribution in [2.75, 3.05) is 13.2 Å². The van der Waals surface area contributed by atoms with Crippen molar-refractivity contribution in [3.63, 3.8) is 0 Å². The van der Waals surface area contributed by atoms with Crippen LogP contribution in [0, 0.1) is 0 Å². The average Bonchev–Trinajstić information content (AvgIpc) is 2.73. The van der Waals surface area contributed by atoms with Gasteiger partial charge in [-0.2, -0.15) is 0 Å². The van der Waals surface area contributed by atoms with Crippen LogP contribution < -0.4 is 10.6 Å². The molecular formula is C13H22N2O4. The van der Waals surface area contributed by atoms with E-state index in [0.717, 1.165) is 31.3 Å². The Morgan fingerprint density at radius 1 is 1.32 bits per heavy atom. The van der Waals surface area contributed by atoms with E-state index in [-0.39, 0.29) is 19.1 Å². The van der Waals surface area contributed by atoms with Crippen LogP contribution in [0.5, 0.6) is 0 Å². The molecule has 1 amide bonds. The van der Waals surface area contributed by atoms with E-state index in [1.807, 2.05) is 6.08 Å². The second-order valence-electron chi connectivity index (χ2n) is 5.23. The van der Waals surface area contributed by atoms with Gasteiger partial charge >= 0.3 is 0 Å². The number of amides is 1. The molecule has 0 aromatic heterocycles. The van der Waals surface area contributed by atoms with E-state index < -0.39 is 24.3 Å². The fourth-order valence-electron chi connectivity index (χ4n) is 2.65. The topological polar surface area (TPSA) is 102 Å². The number of allylic oxidation sites excluding steroid dienone is 1. The van der Waals surface area contributed by atoms with Gasteiger partial charge in [0.15, 0.2) is 0 Å². The van der Waals surface area contributed by atoms with Gasteiger partial charge in [0.05, 0.1) is 30.9 Å². The van der Waals surface area contributed by atoms with E-state index in [0.29, 0.717) is 0 Å². The summed E-state index contributed by atoms with van der Waals surface area (Å²) in [7, 11) is 0.